The van der Waals surface area contributed by atoms with E-state index in [-0.39, 0.29) is 15.4 Å². The fourth-order valence-corrected chi connectivity index (χ4v) is 7.39. The van der Waals surface area contributed by atoms with Crippen LogP contribution in [0, 0.1) is 0 Å². The second-order valence-corrected chi connectivity index (χ2v) is 13.3. The molecule has 0 spiro atoms. The first-order chi connectivity index (χ1) is 20.4. The number of nitrogens with one attached hydrogen (secondary N) is 2. The lowest BCUT2D eigenvalue weighted by molar-refractivity contribution is -0.137. The minimum absolute atomic E-state index is 0.242. The van der Waals surface area contributed by atoms with E-state index in [2.05, 4.69) is 25.2 Å². The predicted molar refractivity (Wildman–Crippen MR) is 164 cm³/mol. The molecule has 0 atom stereocenters. The summed E-state index contributed by atoms with van der Waals surface area (Å²) in [7, 11) is -1.59. The number of H-pyrrole nitrogens is 1. The fraction of sp³-hybridized carbons (Fsp3) is 0.370. The van der Waals surface area contributed by atoms with Crippen molar-refractivity contribution in [3.63, 3.8) is 0 Å². The second-order valence-electron chi connectivity index (χ2n) is 10.6. The summed E-state index contributed by atoms with van der Waals surface area (Å²) in [5, 5.41) is 4.42. The van der Waals surface area contributed by atoms with E-state index in [1.54, 1.807) is 24.3 Å². The molecular weight excluding hydrogens is 625 g/mol. The monoisotopic (exact) mass is 652 g/mol. The molecule has 2 aliphatic rings. The molecule has 0 amide bonds. The Labute approximate surface area is 256 Å². The van der Waals surface area contributed by atoms with Gasteiger partial charge in [-0.2, -0.15) is 17.5 Å². The number of anilines is 2. The minimum Gasteiger partial charge on any atom is -0.352 e. The first-order valence-electron chi connectivity index (χ1n) is 13.5. The predicted octanol–water partition coefficient (Wildman–Crippen LogP) is 4.24. The number of aromatic nitrogens is 3. The van der Waals surface area contributed by atoms with Gasteiger partial charge in [-0.1, -0.05) is 11.6 Å². The van der Waals surface area contributed by atoms with Gasteiger partial charge in [0.2, 0.25) is 10.0 Å². The number of aromatic amines is 1. The zero-order valence-electron chi connectivity index (χ0n) is 23.0. The van der Waals surface area contributed by atoms with Gasteiger partial charge in [-0.3, -0.25) is 0 Å². The lowest BCUT2D eigenvalue weighted by Crippen LogP contribution is -2.50. The van der Waals surface area contributed by atoms with Crippen LogP contribution in [-0.2, 0) is 16.2 Å². The van der Waals surface area contributed by atoms with E-state index in [1.807, 2.05) is 16.8 Å². The van der Waals surface area contributed by atoms with Crippen molar-refractivity contribution in [3.05, 3.63) is 53.3 Å². The van der Waals surface area contributed by atoms with E-state index in [1.165, 1.54) is 16.7 Å². The smallest absolute Gasteiger partial charge is 0.352 e. The van der Waals surface area contributed by atoms with Crippen LogP contribution in [0.3, 0.4) is 0 Å². The molecule has 16 heteroatoms. The molecule has 4 aromatic rings. The number of thiocarbonyl (C=S) groups is 1. The van der Waals surface area contributed by atoms with Crippen molar-refractivity contribution in [2.75, 3.05) is 69.6 Å². The van der Waals surface area contributed by atoms with Crippen molar-refractivity contribution in [3.8, 4) is 0 Å². The number of piperazine rings is 2. The zero-order valence-corrected chi connectivity index (χ0v) is 25.4. The Hall–Kier alpha value is -3.24. The van der Waals surface area contributed by atoms with Gasteiger partial charge >= 0.3 is 6.18 Å². The summed E-state index contributed by atoms with van der Waals surface area (Å²) in [6.07, 6.45) is -3.20. The number of nitrogens with zero attached hydrogens (tertiary/aromatic N) is 6. The van der Waals surface area contributed by atoms with Gasteiger partial charge in [0.25, 0.3) is 0 Å². The van der Waals surface area contributed by atoms with Crippen LogP contribution in [0.4, 0.5) is 24.7 Å². The summed E-state index contributed by atoms with van der Waals surface area (Å²) in [6, 6.07) is 8.89. The lowest BCUT2D eigenvalue weighted by atomic mass is 10.1. The summed E-state index contributed by atoms with van der Waals surface area (Å²) in [5.41, 5.74) is 0.466. The van der Waals surface area contributed by atoms with Gasteiger partial charge < -0.3 is 25.0 Å². The van der Waals surface area contributed by atoms with Gasteiger partial charge in [0.05, 0.1) is 20.9 Å². The normalized spacial score (nSPS) is 17.6. The van der Waals surface area contributed by atoms with Gasteiger partial charge in [0.1, 0.15) is 17.8 Å². The van der Waals surface area contributed by atoms with Crippen molar-refractivity contribution in [2.45, 2.75) is 11.1 Å². The lowest BCUT2D eigenvalue weighted by Gasteiger charge is -2.37. The Morgan fingerprint density at radius 3 is 2.33 bits per heavy atom. The maximum atomic E-state index is 13.4. The number of fused-ring (bicyclic) bond motifs is 3. The largest absolute Gasteiger partial charge is 0.417 e. The molecule has 43 heavy (non-hydrogen) atoms. The summed E-state index contributed by atoms with van der Waals surface area (Å²) in [6.45, 7) is 4.55. The standard InChI is InChI=1S/C27H28ClF3N8O2S2/c1-36-6-12-39(13-7-36)43(40,41)18-4-2-17(3-5-18)34-26(42)38-10-8-37(9-11-38)25-23-19-14-21(28)20(27(29,30)31)15-22(19)35-24(23)32-16-33-25/h2-5,14-16H,6-13H2,1H3,(H,34,42)(H,32,33,35). The third kappa shape index (κ3) is 5.83. The summed E-state index contributed by atoms with van der Waals surface area (Å²) >= 11 is 11.7. The highest BCUT2D eigenvalue weighted by atomic mass is 35.5. The fourth-order valence-electron chi connectivity index (χ4n) is 5.40. The van der Waals surface area contributed by atoms with Crippen LogP contribution in [0.5, 0.6) is 0 Å². The summed E-state index contributed by atoms with van der Waals surface area (Å²) < 4.78 is 67.8. The number of sulfonamides is 1. The van der Waals surface area contributed by atoms with Crippen molar-refractivity contribution in [2.24, 2.45) is 0 Å². The molecule has 0 unspecified atom stereocenters. The maximum absolute atomic E-state index is 13.4. The Balaban J connectivity index is 1.12. The van der Waals surface area contributed by atoms with E-state index in [0.29, 0.717) is 85.4 Å². The van der Waals surface area contributed by atoms with Crippen molar-refractivity contribution in [1.82, 2.24) is 29.1 Å². The van der Waals surface area contributed by atoms with Crippen molar-refractivity contribution in [1.29, 1.82) is 0 Å². The molecule has 0 radical (unpaired) electrons. The SMILES string of the molecule is CN1CCN(S(=O)(=O)c2ccc(NC(=S)N3CCN(c4ncnc5[nH]c6cc(C(F)(F)F)c(Cl)cc6c45)CC3)cc2)CC1. The summed E-state index contributed by atoms with van der Waals surface area (Å²) in [5.74, 6) is 0.600. The van der Waals surface area contributed by atoms with E-state index in [9.17, 15) is 21.6 Å². The molecule has 4 heterocycles. The van der Waals surface area contributed by atoms with Crippen molar-refractivity contribution >= 4 is 72.4 Å². The van der Waals surface area contributed by atoms with Crippen LogP contribution in [-0.4, -0.2) is 102 Å². The molecule has 2 aromatic carbocycles. The number of alkyl halides is 3. The van der Waals surface area contributed by atoms with Gasteiger partial charge in [-0.05, 0) is 55.7 Å². The molecule has 2 saturated heterocycles. The van der Waals surface area contributed by atoms with Crippen LogP contribution < -0.4 is 10.2 Å². The molecule has 0 bridgehead atoms. The molecule has 0 saturated carbocycles. The van der Waals surface area contributed by atoms with E-state index in [0.717, 1.165) is 6.07 Å². The highest BCUT2D eigenvalue weighted by Crippen LogP contribution is 2.40. The first kappa shape index (κ1) is 29.8. The molecule has 228 valence electrons. The highest BCUT2D eigenvalue weighted by Gasteiger charge is 2.34. The van der Waals surface area contributed by atoms with Gasteiger partial charge in [0, 0.05) is 68.9 Å². The molecule has 2 N–H and O–H groups in total. The van der Waals surface area contributed by atoms with E-state index in [4.69, 9.17) is 23.8 Å². The Kier molecular flexibility index (Phi) is 7.87. The third-order valence-electron chi connectivity index (χ3n) is 7.83. The second kappa shape index (κ2) is 11.4. The number of hydrogen-bond donors (Lipinski definition) is 2. The highest BCUT2D eigenvalue weighted by molar-refractivity contribution is 7.89. The Morgan fingerprint density at radius 2 is 1.67 bits per heavy atom. The molecule has 10 nitrogen and oxygen atoms in total. The summed E-state index contributed by atoms with van der Waals surface area (Å²) in [4.78, 5) is 18.0. The van der Waals surface area contributed by atoms with Gasteiger partial charge in [-0.15, -0.1) is 0 Å². The number of hydrogen-bond acceptors (Lipinski definition) is 7. The van der Waals surface area contributed by atoms with Crippen LogP contribution in [0.15, 0.2) is 47.6 Å². The Morgan fingerprint density at radius 1 is 1.00 bits per heavy atom. The molecule has 6 rings (SSSR count). The number of rotatable bonds is 4. The zero-order chi connectivity index (χ0) is 30.5. The molecular formula is C27H28ClF3N8O2S2. The van der Waals surface area contributed by atoms with E-state index < -0.39 is 21.8 Å². The third-order valence-corrected chi connectivity index (χ3v) is 10.4. The van der Waals surface area contributed by atoms with Gasteiger partial charge in [0.15, 0.2) is 5.11 Å². The number of benzene rings is 2. The quantitative estimate of drug-likeness (QED) is 0.314. The molecule has 2 fully saturated rings. The molecule has 2 aromatic heterocycles. The van der Waals surface area contributed by atoms with Crippen LogP contribution in [0.1, 0.15) is 5.56 Å². The first-order valence-corrected chi connectivity index (χ1v) is 15.8. The average Bonchev–Trinajstić information content (AvgIpc) is 3.34. The number of halogens is 4. The van der Waals surface area contributed by atoms with Crippen LogP contribution >= 0.6 is 23.8 Å². The Bertz CT molecular complexity index is 1780. The van der Waals surface area contributed by atoms with Crippen LogP contribution in [0.2, 0.25) is 5.02 Å². The topological polar surface area (TPSA) is 101 Å². The number of likely N-dealkylation sites (N-methyl/N-ethyl adjacent to an activating group) is 1. The average molecular weight is 653 g/mol. The minimum atomic E-state index is -4.58. The van der Waals surface area contributed by atoms with Crippen LogP contribution in [0.25, 0.3) is 21.9 Å². The van der Waals surface area contributed by atoms with E-state index >= 15 is 0 Å². The van der Waals surface area contributed by atoms with Crippen molar-refractivity contribution < 1.29 is 21.6 Å². The molecule has 2 aliphatic heterocycles. The molecule has 0 aliphatic carbocycles. The maximum Gasteiger partial charge on any atom is 0.417 e. The van der Waals surface area contributed by atoms with Gasteiger partial charge in [-0.25, -0.2) is 18.4 Å².